The van der Waals surface area contributed by atoms with Crippen LogP contribution < -0.4 is 16.0 Å². The van der Waals surface area contributed by atoms with E-state index in [1.165, 1.54) is 0 Å². The number of alkyl halides is 3. The number of rotatable bonds is 2. The van der Waals surface area contributed by atoms with Gasteiger partial charge < -0.3 is 25.4 Å². The van der Waals surface area contributed by atoms with E-state index in [-0.39, 0.29) is 17.2 Å². The Morgan fingerprint density at radius 3 is 2.60 bits per heavy atom. The second kappa shape index (κ2) is 8.60. The van der Waals surface area contributed by atoms with Gasteiger partial charge in [-0.2, -0.15) is 13.2 Å². The molecule has 1 saturated heterocycles. The van der Waals surface area contributed by atoms with Gasteiger partial charge in [0.25, 0.3) is 0 Å². The molecular formula is C19H23F3N6O2. The van der Waals surface area contributed by atoms with Crippen molar-refractivity contribution in [1.82, 2.24) is 15.0 Å². The number of morpholine rings is 1. The first kappa shape index (κ1) is 20.6. The summed E-state index contributed by atoms with van der Waals surface area (Å²) < 4.78 is 52.0. The topological polar surface area (TPSA) is 98.4 Å². The minimum Gasteiger partial charge on any atom is -0.384 e. The fourth-order valence-corrected chi connectivity index (χ4v) is 3.58. The van der Waals surface area contributed by atoms with Gasteiger partial charge in [0.15, 0.2) is 5.82 Å². The van der Waals surface area contributed by atoms with E-state index < -0.39 is 11.7 Å². The lowest BCUT2D eigenvalue weighted by Gasteiger charge is -2.30. The Labute approximate surface area is 171 Å². The van der Waals surface area contributed by atoms with Crippen LogP contribution in [-0.4, -0.2) is 61.0 Å². The van der Waals surface area contributed by atoms with Gasteiger partial charge in [0.1, 0.15) is 17.5 Å². The van der Waals surface area contributed by atoms with E-state index in [0.717, 1.165) is 24.2 Å². The van der Waals surface area contributed by atoms with Crippen LogP contribution in [0.5, 0.6) is 0 Å². The average Bonchev–Trinajstić information content (AvgIpc) is 2.85. The monoisotopic (exact) mass is 424 g/mol. The molecular weight excluding hydrogens is 401 g/mol. The fraction of sp³-hybridized carbons (Fsp3) is 0.526. The Kier molecular flexibility index (Phi) is 5.91. The number of aromatic nitrogens is 3. The molecule has 162 valence electrons. The normalized spacial score (nSPS) is 18.0. The molecule has 2 aromatic rings. The molecule has 0 aromatic carbocycles. The number of hydrogen-bond acceptors (Lipinski definition) is 8. The summed E-state index contributed by atoms with van der Waals surface area (Å²) in [7, 11) is 0. The Bertz CT molecular complexity index is 903. The van der Waals surface area contributed by atoms with Crippen molar-refractivity contribution in [3.63, 3.8) is 0 Å². The zero-order valence-corrected chi connectivity index (χ0v) is 16.3. The van der Waals surface area contributed by atoms with Gasteiger partial charge >= 0.3 is 6.18 Å². The third-order valence-electron chi connectivity index (χ3n) is 5.02. The first-order valence-electron chi connectivity index (χ1n) is 9.82. The van der Waals surface area contributed by atoms with Crippen molar-refractivity contribution >= 4 is 17.5 Å². The summed E-state index contributed by atoms with van der Waals surface area (Å²) in [4.78, 5) is 14.9. The van der Waals surface area contributed by atoms with Crippen molar-refractivity contribution in [1.29, 1.82) is 0 Å². The molecule has 30 heavy (non-hydrogen) atoms. The van der Waals surface area contributed by atoms with Crippen LogP contribution in [0.1, 0.15) is 17.5 Å². The molecule has 8 nitrogen and oxygen atoms in total. The van der Waals surface area contributed by atoms with E-state index in [2.05, 4.69) is 20.3 Å². The highest BCUT2D eigenvalue weighted by Gasteiger charge is 2.36. The standard InChI is InChI=1S/C19H23F3N6O2/c20-19(21,22)14-10-15(23)25-11-13(14)17-26-16-12(2-1-6-29-7-3-24-16)18(27-17)28-4-8-30-9-5-28/h10-11H,1-9H2,(H2,23,25)(H,24,26,27). The van der Waals surface area contributed by atoms with Gasteiger partial charge in [-0.3, -0.25) is 0 Å². The minimum atomic E-state index is -4.61. The number of anilines is 3. The highest BCUT2D eigenvalue weighted by molar-refractivity contribution is 5.69. The summed E-state index contributed by atoms with van der Waals surface area (Å²) in [5, 5.41) is 3.20. The van der Waals surface area contributed by atoms with E-state index in [0.29, 0.717) is 64.1 Å². The largest absolute Gasteiger partial charge is 0.417 e. The van der Waals surface area contributed by atoms with Crippen LogP contribution in [0.2, 0.25) is 0 Å². The maximum atomic E-state index is 13.7. The zero-order chi connectivity index (χ0) is 21.1. The number of fused-ring (bicyclic) bond motifs is 1. The van der Waals surface area contributed by atoms with Crippen molar-refractivity contribution < 1.29 is 22.6 Å². The van der Waals surface area contributed by atoms with Crippen LogP contribution in [0.25, 0.3) is 11.4 Å². The molecule has 0 bridgehead atoms. The molecule has 0 saturated carbocycles. The van der Waals surface area contributed by atoms with Crippen molar-refractivity contribution in [2.75, 3.05) is 62.0 Å². The van der Waals surface area contributed by atoms with E-state index >= 15 is 0 Å². The highest BCUT2D eigenvalue weighted by atomic mass is 19.4. The van der Waals surface area contributed by atoms with Crippen molar-refractivity contribution in [2.24, 2.45) is 0 Å². The number of nitrogen functional groups attached to an aromatic ring is 1. The third-order valence-corrected chi connectivity index (χ3v) is 5.02. The van der Waals surface area contributed by atoms with Gasteiger partial charge in [0.05, 0.1) is 30.9 Å². The average molecular weight is 424 g/mol. The zero-order valence-electron chi connectivity index (χ0n) is 16.3. The van der Waals surface area contributed by atoms with Gasteiger partial charge in [0.2, 0.25) is 0 Å². The molecule has 0 spiro atoms. The summed E-state index contributed by atoms with van der Waals surface area (Å²) in [5.41, 5.74) is 5.28. The van der Waals surface area contributed by atoms with E-state index in [4.69, 9.17) is 15.2 Å². The summed E-state index contributed by atoms with van der Waals surface area (Å²) in [6, 6.07) is 0.816. The maximum Gasteiger partial charge on any atom is 0.417 e. The van der Waals surface area contributed by atoms with E-state index in [9.17, 15) is 13.2 Å². The van der Waals surface area contributed by atoms with Gasteiger partial charge in [0, 0.05) is 38.0 Å². The first-order valence-corrected chi connectivity index (χ1v) is 9.82. The number of hydrogen-bond donors (Lipinski definition) is 2. The molecule has 3 N–H and O–H groups in total. The number of pyridine rings is 1. The fourth-order valence-electron chi connectivity index (χ4n) is 3.58. The van der Waals surface area contributed by atoms with Crippen LogP contribution in [0.3, 0.4) is 0 Å². The first-order chi connectivity index (χ1) is 14.4. The molecule has 0 unspecified atom stereocenters. The number of halogens is 3. The quantitative estimate of drug-likeness (QED) is 0.758. The van der Waals surface area contributed by atoms with Crippen LogP contribution in [-0.2, 0) is 22.1 Å². The van der Waals surface area contributed by atoms with Crippen LogP contribution in [0.4, 0.5) is 30.6 Å². The molecule has 4 rings (SSSR count). The Balaban J connectivity index is 1.87. The maximum absolute atomic E-state index is 13.7. The third kappa shape index (κ3) is 4.41. The predicted molar refractivity (Wildman–Crippen MR) is 105 cm³/mol. The molecule has 1 fully saturated rings. The van der Waals surface area contributed by atoms with Gasteiger partial charge in [-0.05, 0) is 18.9 Å². The Morgan fingerprint density at radius 2 is 1.83 bits per heavy atom. The second-order valence-corrected chi connectivity index (χ2v) is 7.09. The van der Waals surface area contributed by atoms with E-state index in [1.54, 1.807) is 0 Å². The molecule has 0 atom stereocenters. The lowest BCUT2D eigenvalue weighted by atomic mass is 10.1. The lowest BCUT2D eigenvalue weighted by molar-refractivity contribution is -0.137. The van der Waals surface area contributed by atoms with Crippen molar-refractivity contribution in [3.05, 3.63) is 23.4 Å². The predicted octanol–water partition coefficient (Wildman–Crippen LogP) is 2.35. The molecule has 4 heterocycles. The Hall–Kier alpha value is -2.66. The molecule has 2 aromatic heterocycles. The number of nitrogens with two attached hydrogens (primary N) is 1. The summed E-state index contributed by atoms with van der Waals surface area (Å²) >= 11 is 0. The molecule has 2 aliphatic rings. The Morgan fingerprint density at radius 1 is 1.07 bits per heavy atom. The van der Waals surface area contributed by atoms with Crippen LogP contribution in [0.15, 0.2) is 12.3 Å². The number of nitrogens with one attached hydrogen (secondary N) is 1. The molecule has 0 amide bonds. The summed E-state index contributed by atoms with van der Waals surface area (Å²) in [6.45, 7) is 3.85. The van der Waals surface area contributed by atoms with Crippen molar-refractivity contribution in [3.8, 4) is 11.4 Å². The minimum absolute atomic E-state index is 0.0391. The molecule has 0 radical (unpaired) electrons. The lowest BCUT2D eigenvalue weighted by Crippen LogP contribution is -2.37. The summed E-state index contributed by atoms with van der Waals surface area (Å²) in [6.07, 6.45) is -2.10. The van der Waals surface area contributed by atoms with E-state index in [1.807, 2.05) is 4.90 Å². The highest BCUT2D eigenvalue weighted by Crippen LogP contribution is 2.38. The van der Waals surface area contributed by atoms with Crippen molar-refractivity contribution in [2.45, 2.75) is 19.0 Å². The van der Waals surface area contributed by atoms with Crippen LogP contribution in [0, 0.1) is 0 Å². The molecule has 2 aliphatic heterocycles. The smallest absolute Gasteiger partial charge is 0.384 e. The summed E-state index contributed by atoms with van der Waals surface area (Å²) in [5.74, 6) is 0.898. The molecule has 0 aliphatic carbocycles. The number of nitrogens with zero attached hydrogens (tertiary/aromatic N) is 4. The molecule has 11 heteroatoms. The van der Waals surface area contributed by atoms with Gasteiger partial charge in [-0.15, -0.1) is 0 Å². The van der Waals surface area contributed by atoms with Gasteiger partial charge in [-0.25, -0.2) is 15.0 Å². The van der Waals surface area contributed by atoms with Crippen LogP contribution >= 0.6 is 0 Å². The van der Waals surface area contributed by atoms with Gasteiger partial charge in [-0.1, -0.05) is 0 Å². The second-order valence-electron chi connectivity index (χ2n) is 7.09. The number of ether oxygens (including phenoxy) is 2. The SMILES string of the molecule is Nc1cc(C(F)(F)F)c(-c2nc3c(c(N4CCOCC4)n2)CCCOCCN3)cn1.